The average molecular weight is 358 g/mol. The first-order valence-electron chi connectivity index (χ1n) is 8.17. The van der Waals surface area contributed by atoms with Crippen molar-refractivity contribution in [1.29, 1.82) is 0 Å². The number of aromatic nitrogens is 4. The maximum absolute atomic E-state index is 12.7. The lowest BCUT2D eigenvalue weighted by Gasteiger charge is -2.15. The topological polar surface area (TPSA) is 75.9 Å². The van der Waals surface area contributed by atoms with Crippen molar-refractivity contribution in [3.63, 3.8) is 0 Å². The first-order chi connectivity index (χ1) is 12.0. The Balaban J connectivity index is 1.73. The van der Waals surface area contributed by atoms with Gasteiger partial charge in [-0.05, 0) is 40.1 Å². The molecule has 0 aliphatic rings. The largest absolute Gasteiger partial charge is 0.316 e. The van der Waals surface area contributed by atoms with E-state index in [2.05, 4.69) is 25.4 Å². The van der Waals surface area contributed by atoms with Crippen LogP contribution in [0, 0.1) is 6.92 Å². The van der Waals surface area contributed by atoms with E-state index >= 15 is 0 Å². The Kier molecular flexibility index (Phi) is 5.10. The summed E-state index contributed by atoms with van der Waals surface area (Å²) in [5.74, 6) is 0.689. The first-order valence-corrected chi connectivity index (χ1v) is 8.99. The van der Waals surface area contributed by atoms with Gasteiger partial charge in [-0.15, -0.1) is 10.2 Å². The van der Waals surface area contributed by atoms with Gasteiger partial charge in [0.25, 0.3) is 0 Å². The molecule has 0 aliphatic carbocycles. The van der Waals surface area contributed by atoms with Crippen LogP contribution in [0.5, 0.6) is 0 Å². The molecule has 0 spiro atoms. The Bertz CT molecular complexity index is 884. The summed E-state index contributed by atoms with van der Waals surface area (Å²) in [7, 11) is 4.03. The molecule has 2 aromatic heterocycles. The van der Waals surface area contributed by atoms with E-state index in [4.69, 9.17) is 0 Å². The van der Waals surface area contributed by atoms with E-state index in [9.17, 15) is 4.79 Å². The molecule has 25 heavy (non-hydrogen) atoms. The van der Waals surface area contributed by atoms with Gasteiger partial charge in [-0.25, -0.2) is 4.98 Å². The molecule has 0 saturated carbocycles. The highest BCUT2D eigenvalue weighted by atomic mass is 32.1. The van der Waals surface area contributed by atoms with Crippen LogP contribution in [0.2, 0.25) is 0 Å². The fourth-order valence-electron chi connectivity index (χ4n) is 2.71. The van der Waals surface area contributed by atoms with Crippen LogP contribution in [-0.2, 0) is 11.2 Å². The van der Waals surface area contributed by atoms with E-state index in [-0.39, 0.29) is 11.9 Å². The zero-order chi connectivity index (χ0) is 18.0. The molecule has 0 fully saturated rings. The van der Waals surface area contributed by atoms with E-state index in [0.717, 1.165) is 34.8 Å². The van der Waals surface area contributed by atoms with Crippen LogP contribution >= 0.6 is 11.3 Å². The number of anilines is 1. The highest BCUT2D eigenvalue weighted by Crippen LogP contribution is 2.23. The van der Waals surface area contributed by atoms with Crippen LogP contribution in [0.4, 0.5) is 5.13 Å². The Hall–Kier alpha value is -2.32. The van der Waals surface area contributed by atoms with Crippen molar-refractivity contribution < 1.29 is 4.79 Å². The second-order valence-electron chi connectivity index (χ2n) is 6.24. The molecule has 0 saturated heterocycles. The summed E-state index contributed by atoms with van der Waals surface area (Å²) < 4.78 is 1.94. The molecule has 0 aliphatic heterocycles. The van der Waals surface area contributed by atoms with E-state index in [1.807, 2.05) is 56.8 Å². The molecule has 1 atom stereocenters. The van der Waals surface area contributed by atoms with Gasteiger partial charge >= 0.3 is 0 Å². The molecule has 132 valence electrons. The van der Waals surface area contributed by atoms with Crippen molar-refractivity contribution in [2.75, 3.05) is 26.0 Å². The zero-order valence-corrected chi connectivity index (χ0v) is 15.7. The number of carbonyl (C=O) groups excluding carboxylic acids is 1. The number of hydrogen-bond donors (Lipinski definition) is 1. The molecule has 1 amide bonds. The van der Waals surface area contributed by atoms with Crippen molar-refractivity contribution in [1.82, 2.24) is 24.6 Å². The van der Waals surface area contributed by atoms with Gasteiger partial charge in [-0.2, -0.15) is 0 Å². The van der Waals surface area contributed by atoms with Crippen molar-refractivity contribution in [3.05, 3.63) is 35.1 Å². The third-order valence-electron chi connectivity index (χ3n) is 4.01. The molecule has 1 unspecified atom stereocenters. The summed E-state index contributed by atoms with van der Waals surface area (Å²) >= 11 is 1.42. The van der Waals surface area contributed by atoms with Crippen LogP contribution in [-0.4, -0.2) is 51.2 Å². The Morgan fingerprint density at radius 1 is 1.32 bits per heavy atom. The van der Waals surface area contributed by atoms with E-state index in [0.29, 0.717) is 5.13 Å². The van der Waals surface area contributed by atoms with E-state index in [1.54, 1.807) is 0 Å². The fourth-order valence-corrected chi connectivity index (χ4v) is 3.44. The van der Waals surface area contributed by atoms with Crippen molar-refractivity contribution in [2.24, 2.45) is 0 Å². The Morgan fingerprint density at radius 3 is 2.84 bits per heavy atom. The SMILES string of the molecule is Cc1nc2ccccc2n1C(C)C(=O)Nc1nnc(CCN(C)C)s1. The van der Waals surface area contributed by atoms with Crippen LogP contribution in [0.3, 0.4) is 0 Å². The number of likely N-dealkylation sites (N-methyl/N-ethyl adjacent to an activating group) is 1. The van der Waals surface area contributed by atoms with Crippen molar-refractivity contribution in [3.8, 4) is 0 Å². The molecule has 7 nitrogen and oxygen atoms in total. The van der Waals surface area contributed by atoms with Crippen molar-refractivity contribution >= 4 is 33.4 Å². The minimum atomic E-state index is -0.387. The number of rotatable bonds is 6. The molecule has 2 heterocycles. The predicted octanol–water partition coefficient (Wildman–Crippen LogP) is 2.50. The monoisotopic (exact) mass is 358 g/mol. The zero-order valence-electron chi connectivity index (χ0n) is 14.9. The highest BCUT2D eigenvalue weighted by molar-refractivity contribution is 7.15. The fraction of sp³-hybridized carbons (Fsp3) is 0.412. The number of nitrogens with zero attached hydrogens (tertiary/aromatic N) is 5. The Labute approximate surface area is 150 Å². The van der Waals surface area contributed by atoms with E-state index in [1.165, 1.54) is 11.3 Å². The summed E-state index contributed by atoms with van der Waals surface area (Å²) in [6.45, 7) is 4.68. The second-order valence-corrected chi connectivity index (χ2v) is 7.30. The summed E-state index contributed by atoms with van der Waals surface area (Å²) in [4.78, 5) is 19.3. The van der Waals surface area contributed by atoms with Gasteiger partial charge in [0.15, 0.2) is 0 Å². The molecular formula is C17H22N6OS. The lowest BCUT2D eigenvalue weighted by atomic mass is 10.2. The molecule has 3 rings (SSSR count). The number of aryl methyl sites for hydroxylation is 1. The quantitative estimate of drug-likeness (QED) is 0.733. The molecule has 1 N–H and O–H groups in total. The van der Waals surface area contributed by atoms with E-state index < -0.39 is 0 Å². The van der Waals surface area contributed by atoms with Gasteiger partial charge in [-0.1, -0.05) is 23.5 Å². The van der Waals surface area contributed by atoms with Gasteiger partial charge in [0, 0.05) is 13.0 Å². The van der Waals surface area contributed by atoms with Gasteiger partial charge in [0.2, 0.25) is 11.0 Å². The predicted molar refractivity (Wildman–Crippen MR) is 100.0 cm³/mol. The number of fused-ring (bicyclic) bond motifs is 1. The lowest BCUT2D eigenvalue weighted by Crippen LogP contribution is -2.24. The first kappa shape index (κ1) is 17.5. The van der Waals surface area contributed by atoms with Gasteiger partial charge in [-0.3, -0.25) is 10.1 Å². The van der Waals surface area contributed by atoms with Crippen LogP contribution < -0.4 is 5.32 Å². The van der Waals surface area contributed by atoms with Gasteiger partial charge < -0.3 is 9.47 Å². The minimum absolute atomic E-state index is 0.124. The molecule has 0 bridgehead atoms. The number of para-hydroxylation sites is 2. The number of nitrogens with one attached hydrogen (secondary N) is 1. The third kappa shape index (κ3) is 3.85. The number of imidazole rings is 1. The Morgan fingerprint density at radius 2 is 2.08 bits per heavy atom. The molecular weight excluding hydrogens is 336 g/mol. The average Bonchev–Trinajstić information content (AvgIpc) is 3.15. The van der Waals surface area contributed by atoms with Crippen LogP contribution in [0.1, 0.15) is 23.8 Å². The maximum atomic E-state index is 12.7. The third-order valence-corrected chi connectivity index (χ3v) is 4.91. The van der Waals surface area contributed by atoms with Gasteiger partial charge in [0.05, 0.1) is 11.0 Å². The number of benzene rings is 1. The molecule has 3 aromatic rings. The molecule has 8 heteroatoms. The standard InChI is InChI=1S/C17H22N6OS/c1-11(23-12(2)18-13-7-5-6-8-14(13)23)16(24)19-17-21-20-15(25-17)9-10-22(3)4/h5-8,11H,9-10H2,1-4H3,(H,19,21,24). The highest BCUT2D eigenvalue weighted by Gasteiger charge is 2.21. The van der Waals surface area contributed by atoms with Crippen molar-refractivity contribution in [2.45, 2.75) is 26.3 Å². The summed E-state index contributed by atoms with van der Waals surface area (Å²) in [5.41, 5.74) is 1.84. The summed E-state index contributed by atoms with van der Waals surface area (Å²) in [6, 6.07) is 7.43. The number of carbonyl (C=O) groups is 1. The maximum Gasteiger partial charge on any atom is 0.249 e. The van der Waals surface area contributed by atoms with Crippen LogP contribution in [0.15, 0.2) is 24.3 Å². The normalized spacial score (nSPS) is 12.7. The number of amides is 1. The van der Waals surface area contributed by atoms with Gasteiger partial charge in [0.1, 0.15) is 16.9 Å². The molecule has 1 aromatic carbocycles. The summed E-state index contributed by atoms with van der Waals surface area (Å²) in [6.07, 6.45) is 0.821. The lowest BCUT2D eigenvalue weighted by molar-refractivity contribution is -0.118. The summed E-state index contributed by atoms with van der Waals surface area (Å²) in [5, 5.41) is 12.5. The minimum Gasteiger partial charge on any atom is -0.316 e. The smallest absolute Gasteiger partial charge is 0.249 e. The second kappa shape index (κ2) is 7.28. The molecule has 0 radical (unpaired) electrons. The van der Waals surface area contributed by atoms with Crippen LogP contribution in [0.25, 0.3) is 11.0 Å². The number of hydrogen-bond acceptors (Lipinski definition) is 6.